The third-order valence-corrected chi connectivity index (χ3v) is 9.22. The normalized spacial score (nSPS) is 16.0. The Kier molecular flexibility index (Phi) is 6.28. The molecule has 1 heterocycles. The molecule has 3 aromatic carbocycles. The van der Waals surface area contributed by atoms with E-state index >= 15 is 0 Å². The summed E-state index contributed by atoms with van der Waals surface area (Å²) in [5, 5.41) is 0. The second-order valence-electron chi connectivity index (χ2n) is 7.48. The van der Waals surface area contributed by atoms with Gasteiger partial charge in [-0.1, -0.05) is 18.2 Å². The molecule has 0 saturated heterocycles. The number of hydrogen-bond acceptors (Lipinski definition) is 6. The molecule has 0 aromatic heterocycles. The average molecular weight is 501 g/mol. The summed E-state index contributed by atoms with van der Waals surface area (Å²) >= 11 is 0. The lowest BCUT2D eigenvalue weighted by Gasteiger charge is -2.41. The molecule has 1 atom stereocenters. The van der Waals surface area contributed by atoms with E-state index in [1.54, 1.807) is 48.5 Å². The van der Waals surface area contributed by atoms with Gasteiger partial charge >= 0.3 is 0 Å². The molecule has 0 bridgehead atoms. The van der Waals surface area contributed by atoms with Crippen LogP contribution in [0.3, 0.4) is 0 Å². The molecule has 3 aromatic rings. The Labute approximate surface area is 199 Å². The van der Waals surface area contributed by atoms with Crippen LogP contribution in [0.5, 0.6) is 11.5 Å². The molecule has 0 fully saturated rings. The van der Waals surface area contributed by atoms with Crippen LogP contribution in [0.15, 0.2) is 95.2 Å². The van der Waals surface area contributed by atoms with Crippen LogP contribution in [0.1, 0.15) is 0 Å². The highest BCUT2D eigenvalue weighted by atomic mass is 32.2. The molecule has 0 radical (unpaired) electrons. The summed E-state index contributed by atoms with van der Waals surface area (Å²) in [6.45, 7) is 3.66. The lowest BCUT2D eigenvalue weighted by molar-refractivity contribution is 0.414. The lowest BCUT2D eigenvalue weighted by atomic mass is 10.1. The minimum absolute atomic E-state index is 0.0569. The summed E-state index contributed by atoms with van der Waals surface area (Å²) in [5.74, 6) is 1.05. The number of rotatable bonds is 7. The summed E-state index contributed by atoms with van der Waals surface area (Å²) in [6.07, 6.45) is 1.44. The van der Waals surface area contributed by atoms with Gasteiger partial charge in [-0.25, -0.2) is 16.8 Å². The smallest absolute Gasteiger partial charge is 0.264 e. The lowest BCUT2D eigenvalue weighted by Crippen LogP contribution is -2.52. The molecular formula is C24H24N2O6S2. The first-order valence-electron chi connectivity index (χ1n) is 10.3. The Balaban J connectivity index is 1.83. The van der Waals surface area contributed by atoms with E-state index in [2.05, 4.69) is 6.58 Å². The van der Waals surface area contributed by atoms with Gasteiger partial charge in [0.2, 0.25) is 0 Å². The Bertz CT molecular complexity index is 1400. The Hall–Kier alpha value is -3.50. The highest BCUT2D eigenvalue weighted by molar-refractivity contribution is 7.93. The molecule has 4 rings (SSSR count). The largest absolute Gasteiger partial charge is 0.497 e. The molecule has 8 nitrogen and oxygen atoms in total. The molecule has 34 heavy (non-hydrogen) atoms. The van der Waals surface area contributed by atoms with Crippen LogP contribution < -0.4 is 18.1 Å². The standard InChI is InChI=1S/C24H24N2O6S2/c1-4-18-17-25(33(27,28)21-13-9-19(31-2)10-14-21)23-7-5-6-8-24(23)26(18)34(29,30)22-15-11-20(32-3)12-16-22/h4-16,18H,1,17H2,2-3H3. The van der Waals surface area contributed by atoms with Gasteiger partial charge in [0, 0.05) is 0 Å². The van der Waals surface area contributed by atoms with Gasteiger partial charge in [-0.15, -0.1) is 6.58 Å². The molecule has 178 valence electrons. The van der Waals surface area contributed by atoms with Crippen LogP contribution in [0.25, 0.3) is 0 Å². The molecule has 0 amide bonds. The SMILES string of the molecule is C=CC1CN(S(=O)(=O)c2ccc(OC)cc2)c2ccccc2N1S(=O)(=O)c1ccc(OC)cc1. The summed E-state index contributed by atoms with van der Waals surface area (Å²) in [5.41, 5.74) is 0.500. The minimum atomic E-state index is -4.04. The summed E-state index contributed by atoms with van der Waals surface area (Å²) in [7, 11) is -5.04. The van der Waals surface area contributed by atoms with Crippen LogP contribution in [-0.4, -0.2) is 43.6 Å². The first kappa shape index (κ1) is 23.7. The van der Waals surface area contributed by atoms with Crippen LogP contribution in [0, 0.1) is 0 Å². The van der Waals surface area contributed by atoms with E-state index in [-0.39, 0.29) is 27.7 Å². The monoisotopic (exact) mass is 500 g/mol. The third-order valence-electron chi connectivity index (χ3n) is 5.58. The zero-order valence-electron chi connectivity index (χ0n) is 18.7. The maximum absolute atomic E-state index is 13.7. The van der Waals surface area contributed by atoms with Crippen molar-refractivity contribution in [2.75, 3.05) is 29.4 Å². The fourth-order valence-electron chi connectivity index (χ4n) is 3.82. The Morgan fingerprint density at radius 3 is 1.71 bits per heavy atom. The highest BCUT2D eigenvalue weighted by Crippen LogP contribution is 2.41. The summed E-state index contributed by atoms with van der Waals surface area (Å²) < 4.78 is 67.2. The number of methoxy groups -OCH3 is 2. The van der Waals surface area contributed by atoms with E-state index in [4.69, 9.17) is 9.47 Å². The maximum atomic E-state index is 13.7. The van der Waals surface area contributed by atoms with Gasteiger partial charge < -0.3 is 9.47 Å². The minimum Gasteiger partial charge on any atom is -0.497 e. The molecule has 0 aliphatic carbocycles. The Morgan fingerprint density at radius 1 is 0.765 bits per heavy atom. The number of benzene rings is 3. The van der Waals surface area contributed by atoms with Gasteiger partial charge in [0.15, 0.2) is 0 Å². The quantitative estimate of drug-likeness (QED) is 0.460. The van der Waals surface area contributed by atoms with Crippen molar-refractivity contribution in [3.8, 4) is 11.5 Å². The predicted octanol–water partition coefficient (Wildman–Crippen LogP) is 3.66. The molecule has 1 unspecified atom stereocenters. The van der Waals surface area contributed by atoms with E-state index in [0.29, 0.717) is 11.5 Å². The maximum Gasteiger partial charge on any atom is 0.264 e. The van der Waals surface area contributed by atoms with Crippen LogP contribution in [-0.2, 0) is 20.0 Å². The van der Waals surface area contributed by atoms with E-state index < -0.39 is 26.1 Å². The van der Waals surface area contributed by atoms with Crippen molar-refractivity contribution in [3.63, 3.8) is 0 Å². The first-order valence-corrected chi connectivity index (χ1v) is 13.2. The first-order chi connectivity index (χ1) is 16.2. The van der Waals surface area contributed by atoms with Crippen molar-refractivity contribution in [2.24, 2.45) is 0 Å². The molecule has 0 saturated carbocycles. The summed E-state index contributed by atoms with van der Waals surface area (Å²) in [6, 6.07) is 17.8. The highest BCUT2D eigenvalue weighted by Gasteiger charge is 2.41. The van der Waals surface area contributed by atoms with Gasteiger partial charge in [-0.3, -0.25) is 8.61 Å². The van der Waals surface area contributed by atoms with Gasteiger partial charge in [0.05, 0.1) is 48.0 Å². The van der Waals surface area contributed by atoms with Crippen molar-refractivity contribution < 1.29 is 26.3 Å². The van der Waals surface area contributed by atoms with Gasteiger partial charge in [0.25, 0.3) is 20.0 Å². The van der Waals surface area contributed by atoms with Crippen molar-refractivity contribution in [2.45, 2.75) is 15.8 Å². The van der Waals surface area contributed by atoms with Gasteiger partial charge in [-0.2, -0.15) is 0 Å². The van der Waals surface area contributed by atoms with Crippen LogP contribution in [0.4, 0.5) is 11.4 Å². The number of hydrogen-bond donors (Lipinski definition) is 0. The number of anilines is 2. The predicted molar refractivity (Wildman–Crippen MR) is 131 cm³/mol. The van der Waals surface area contributed by atoms with Crippen molar-refractivity contribution in [1.29, 1.82) is 0 Å². The molecule has 1 aliphatic rings. The number of sulfonamides is 2. The van der Waals surface area contributed by atoms with Gasteiger partial charge in [0.1, 0.15) is 11.5 Å². The van der Waals surface area contributed by atoms with E-state index in [9.17, 15) is 16.8 Å². The van der Waals surface area contributed by atoms with E-state index in [1.807, 2.05) is 0 Å². The van der Waals surface area contributed by atoms with Crippen LogP contribution in [0.2, 0.25) is 0 Å². The number of para-hydroxylation sites is 2. The average Bonchev–Trinajstić information content (AvgIpc) is 2.87. The zero-order chi connectivity index (χ0) is 24.5. The number of fused-ring (bicyclic) bond motifs is 1. The third kappa shape index (κ3) is 3.99. The molecular weight excluding hydrogens is 476 g/mol. The molecule has 10 heteroatoms. The Morgan fingerprint density at radius 2 is 1.24 bits per heavy atom. The second-order valence-corrected chi connectivity index (χ2v) is 11.2. The summed E-state index contributed by atoms with van der Waals surface area (Å²) in [4.78, 5) is 0.124. The van der Waals surface area contributed by atoms with Crippen molar-refractivity contribution >= 4 is 31.4 Å². The number of nitrogens with zero attached hydrogens (tertiary/aromatic N) is 2. The van der Waals surface area contributed by atoms with Crippen LogP contribution >= 0.6 is 0 Å². The molecule has 1 aliphatic heterocycles. The fraction of sp³-hybridized carbons (Fsp3) is 0.167. The number of ether oxygens (including phenoxy) is 2. The fourth-order valence-corrected chi connectivity index (χ4v) is 6.95. The van der Waals surface area contributed by atoms with Crippen molar-refractivity contribution in [1.82, 2.24) is 0 Å². The van der Waals surface area contributed by atoms with E-state index in [1.165, 1.54) is 53.2 Å². The molecule has 0 spiro atoms. The van der Waals surface area contributed by atoms with E-state index in [0.717, 1.165) is 0 Å². The van der Waals surface area contributed by atoms with Gasteiger partial charge in [-0.05, 0) is 60.7 Å². The van der Waals surface area contributed by atoms with Crippen molar-refractivity contribution in [3.05, 3.63) is 85.5 Å². The topological polar surface area (TPSA) is 93.2 Å². The zero-order valence-corrected chi connectivity index (χ0v) is 20.3. The molecule has 0 N–H and O–H groups in total. The second kappa shape index (κ2) is 9.03.